The van der Waals surface area contributed by atoms with E-state index in [0.29, 0.717) is 37.1 Å². The molecule has 23 heavy (non-hydrogen) atoms. The van der Waals surface area contributed by atoms with Crippen molar-refractivity contribution in [3.05, 3.63) is 46.2 Å². The van der Waals surface area contributed by atoms with E-state index in [1.54, 1.807) is 0 Å². The number of carbonyl (C=O) groups is 1. The fourth-order valence-corrected chi connectivity index (χ4v) is 2.36. The number of hydrogen-bond acceptors (Lipinski definition) is 6. The molecular weight excluding hydrogens is 318 g/mol. The van der Waals surface area contributed by atoms with Crippen LogP contribution >= 0.6 is 11.6 Å². The van der Waals surface area contributed by atoms with Gasteiger partial charge in [-0.2, -0.15) is 5.26 Å². The van der Waals surface area contributed by atoms with E-state index in [1.165, 1.54) is 7.11 Å². The maximum absolute atomic E-state index is 12.0. The molecule has 1 heterocycles. The number of benzene rings is 1. The summed E-state index contributed by atoms with van der Waals surface area (Å²) in [7, 11) is 1.52. The Morgan fingerprint density at radius 1 is 1.39 bits per heavy atom. The minimum atomic E-state index is -0.643. The number of carbonyl (C=O) groups excluding carboxylic acids is 1. The maximum Gasteiger partial charge on any atom is 0.352 e. The topological polar surface area (TPSA) is 74.6 Å². The Hall–Kier alpha value is -2.23. The average Bonchev–Trinajstić information content (AvgIpc) is 2.99. The van der Waals surface area contributed by atoms with Crippen molar-refractivity contribution in [2.75, 3.05) is 33.4 Å². The van der Waals surface area contributed by atoms with E-state index in [4.69, 9.17) is 21.1 Å². The fourth-order valence-electron chi connectivity index (χ4n) is 2.23. The quantitative estimate of drug-likeness (QED) is 0.369. The van der Waals surface area contributed by atoms with Crippen LogP contribution in [-0.4, -0.2) is 44.3 Å². The molecule has 0 unspecified atom stereocenters. The van der Waals surface area contributed by atoms with E-state index in [0.717, 1.165) is 5.56 Å². The van der Waals surface area contributed by atoms with Crippen LogP contribution in [0, 0.1) is 11.3 Å². The van der Waals surface area contributed by atoms with Gasteiger partial charge in [0.15, 0.2) is 5.57 Å². The summed E-state index contributed by atoms with van der Waals surface area (Å²) in [6.07, 6.45) is 0. The largest absolute Gasteiger partial charge is 0.459 e. The molecule has 0 aromatic heterocycles. The zero-order chi connectivity index (χ0) is 16.7. The molecule has 6 nitrogen and oxygen atoms in total. The van der Waals surface area contributed by atoms with Crippen molar-refractivity contribution in [3.8, 4) is 6.07 Å². The number of esters is 1. The van der Waals surface area contributed by atoms with E-state index in [9.17, 15) is 10.1 Å². The summed E-state index contributed by atoms with van der Waals surface area (Å²) in [6, 6.07) is 9.40. The third kappa shape index (κ3) is 4.62. The first-order valence-corrected chi connectivity index (χ1v) is 7.57. The zero-order valence-electron chi connectivity index (χ0n) is 12.8. The summed E-state index contributed by atoms with van der Waals surface area (Å²) >= 11 is 5.88. The highest BCUT2D eigenvalue weighted by atomic mass is 35.5. The smallest absolute Gasteiger partial charge is 0.352 e. The Morgan fingerprint density at radius 2 is 2.13 bits per heavy atom. The highest BCUT2D eigenvalue weighted by molar-refractivity contribution is 6.30. The van der Waals surface area contributed by atoms with Crippen LogP contribution < -0.4 is 5.32 Å². The molecule has 1 aromatic rings. The molecule has 0 saturated carbocycles. The maximum atomic E-state index is 12.0. The monoisotopic (exact) mass is 335 g/mol. The lowest BCUT2D eigenvalue weighted by Crippen LogP contribution is -2.24. The number of hydrogen-bond donors (Lipinski definition) is 1. The van der Waals surface area contributed by atoms with Gasteiger partial charge >= 0.3 is 5.97 Å². The molecule has 0 atom stereocenters. The molecule has 1 N–H and O–H groups in total. The van der Waals surface area contributed by atoms with Crippen molar-refractivity contribution < 1.29 is 14.3 Å². The van der Waals surface area contributed by atoms with E-state index in [1.807, 2.05) is 35.2 Å². The van der Waals surface area contributed by atoms with Gasteiger partial charge in [-0.1, -0.05) is 23.7 Å². The predicted octanol–water partition coefficient (Wildman–Crippen LogP) is 1.67. The summed E-state index contributed by atoms with van der Waals surface area (Å²) in [5, 5.41) is 13.1. The molecule has 1 fully saturated rings. The molecule has 122 valence electrons. The lowest BCUT2D eigenvalue weighted by Gasteiger charge is -2.20. The molecule has 1 aromatic carbocycles. The number of halogens is 1. The highest BCUT2D eigenvalue weighted by Gasteiger charge is 2.25. The van der Waals surface area contributed by atoms with Crippen molar-refractivity contribution in [3.63, 3.8) is 0 Å². The van der Waals surface area contributed by atoms with E-state index in [2.05, 4.69) is 5.32 Å². The Labute approximate surface area is 140 Å². The molecule has 0 aliphatic carbocycles. The minimum Gasteiger partial charge on any atom is -0.459 e. The van der Waals surface area contributed by atoms with Crippen molar-refractivity contribution in [1.82, 2.24) is 10.2 Å². The Balaban J connectivity index is 2.12. The number of methoxy groups -OCH3 is 1. The van der Waals surface area contributed by atoms with Crippen LogP contribution in [-0.2, 0) is 20.8 Å². The van der Waals surface area contributed by atoms with Crippen LogP contribution in [0.15, 0.2) is 35.7 Å². The van der Waals surface area contributed by atoms with E-state index in [-0.39, 0.29) is 12.2 Å². The third-order valence-corrected chi connectivity index (χ3v) is 3.60. The molecule has 1 saturated heterocycles. The number of nitrogens with one attached hydrogen (secondary N) is 1. The molecule has 1 aliphatic heterocycles. The summed E-state index contributed by atoms with van der Waals surface area (Å²) < 4.78 is 9.86. The average molecular weight is 336 g/mol. The second-order valence-corrected chi connectivity index (χ2v) is 5.38. The first kappa shape index (κ1) is 17.1. The van der Waals surface area contributed by atoms with Gasteiger partial charge in [0.2, 0.25) is 0 Å². The van der Waals surface area contributed by atoms with Crippen LogP contribution in [0.3, 0.4) is 0 Å². The van der Waals surface area contributed by atoms with Crippen molar-refractivity contribution in [1.29, 1.82) is 5.26 Å². The van der Waals surface area contributed by atoms with Crippen LogP contribution in [0.1, 0.15) is 5.56 Å². The van der Waals surface area contributed by atoms with Gasteiger partial charge < -0.3 is 19.7 Å². The Kier molecular flexibility index (Phi) is 6.27. The normalized spacial score (nSPS) is 15.8. The third-order valence-electron chi connectivity index (χ3n) is 3.35. The van der Waals surface area contributed by atoms with E-state index >= 15 is 0 Å². The minimum absolute atomic E-state index is 0.0208. The molecule has 1 aliphatic rings. The van der Waals surface area contributed by atoms with Crippen molar-refractivity contribution >= 4 is 17.6 Å². The van der Waals surface area contributed by atoms with Gasteiger partial charge in [-0.3, -0.25) is 0 Å². The molecular formula is C16H18ClN3O3. The standard InChI is InChI=1S/C16H18ClN3O3/c1-22-8-9-23-16(21)14(10-18)15-19-6-7-20(15)11-12-2-4-13(17)5-3-12/h2-5,19H,6-9,11H2,1H3. The second kappa shape index (κ2) is 8.42. The number of rotatable bonds is 6. The second-order valence-electron chi connectivity index (χ2n) is 4.94. The molecule has 7 heteroatoms. The molecule has 0 amide bonds. The van der Waals surface area contributed by atoms with Gasteiger partial charge in [0, 0.05) is 31.8 Å². The lowest BCUT2D eigenvalue weighted by molar-refractivity contribution is -0.139. The highest BCUT2D eigenvalue weighted by Crippen LogP contribution is 2.18. The summed E-state index contributed by atoms with van der Waals surface area (Å²) in [5.74, 6) is -0.139. The van der Waals surface area contributed by atoms with Crippen LogP contribution in [0.4, 0.5) is 0 Å². The molecule has 0 radical (unpaired) electrons. The number of ether oxygens (including phenoxy) is 2. The molecule has 0 spiro atoms. The van der Waals surface area contributed by atoms with Crippen LogP contribution in [0.5, 0.6) is 0 Å². The summed E-state index contributed by atoms with van der Waals surface area (Å²) in [5.41, 5.74) is 1.02. The van der Waals surface area contributed by atoms with Gasteiger partial charge in [-0.25, -0.2) is 4.79 Å². The van der Waals surface area contributed by atoms with Crippen LogP contribution in [0.2, 0.25) is 5.02 Å². The zero-order valence-corrected chi connectivity index (χ0v) is 13.6. The Morgan fingerprint density at radius 3 is 2.78 bits per heavy atom. The van der Waals surface area contributed by atoms with Gasteiger partial charge in [-0.05, 0) is 17.7 Å². The summed E-state index contributed by atoms with van der Waals surface area (Å²) in [4.78, 5) is 14.0. The predicted molar refractivity (Wildman–Crippen MR) is 85.3 cm³/mol. The Bertz CT molecular complexity index is 622. The van der Waals surface area contributed by atoms with Crippen molar-refractivity contribution in [2.24, 2.45) is 0 Å². The van der Waals surface area contributed by atoms with Gasteiger partial charge in [0.05, 0.1) is 6.61 Å². The first-order valence-electron chi connectivity index (χ1n) is 7.19. The van der Waals surface area contributed by atoms with Gasteiger partial charge in [0.25, 0.3) is 0 Å². The van der Waals surface area contributed by atoms with Gasteiger partial charge in [0.1, 0.15) is 18.5 Å². The molecule has 2 rings (SSSR count). The summed E-state index contributed by atoms with van der Waals surface area (Å²) in [6.45, 7) is 2.36. The number of nitriles is 1. The van der Waals surface area contributed by atoms with E-state index < -0.39 is 5.97 Å². The van der Waals surface area contributed by atoms with Crippen LogP contribution in [0.25, 0.3) is 0 Å². The van der Waals surface area contributed by atoms with Gasteiger partial charge in [-0.15, -0.1) is 0 Å². The number of nitrogens with zero attached hydrogens (tertiary/aromatic N) is 2. The lowest BCUT2D eigenvalue weighted by atomic mass is 10.2. The fraction of sp³-hybridized carbons (Fsp3) is 0.375. The first-order chi connectivity index (χ1) is 11.2. The van der Waals surface area contributed by atoms with Crippen molar-refractivity contribution in [2.45, 2.75) is 6.54 Å². The molecule has 0 bridgehead atoms. The SMILES string of the molecule is COCCOC(=O)C(C#N)=C1NCCN1Cc1ccc(Cl)cc1.